The fraction of sp³-hybridized carbons (Fsp3) is 0.0588. The third-order valence-electron chi connectivity index (χ3n) is 3.57. The maximum atomic E-state index is 13.5. The van der Waals surface area contributed by atoms with Crippen LogP contribution >= 0.6 is 11.6 Å². The predicted octanol–water partition coefficient (Wildman–Crippen LogP) is 2.82. The van der Waals surface area contributed by atoms with E-state index in [0.717, 1.165) is 17.2 Å². The van der Waals surface area contributed by atoms with E-state index in [0.29, 0.717) is 17.7 Å². The zero-order chi connectivity index (χ0) is 17.3. The molecule has 0 spiro atoms. The molecule has 0 bridgehead atoms. The summed E-state index contributed by atoms with van der Waals surface area (Å²) in [5.41, 5.74) is 1.07. The van der Waals surface area contributed by atoms with E-state index in [9.17, 15) is 14.0 Å². The highest BCUT2D eigenvalue weighted by atomic mass is 35.5. The smallest absolute Gasteiger partial charge is 0.362 e. The van der Waals surface area contributed by atoms with Gasteiger partial charge in [-0.15, -0.1) is 0 Å². The van der Waals surface area contributed by atoms with Crippen LogP contribution < -0.4 is 11.2 Å². The minimum atomic E-state index is -0.884. The molecule has 0 aliphatic rings. The van der Waals surface area contributed by atoms with E-state index in [1.165, 1.54) is 12.1 Å². The Morgan fingerprint density at radius 2 is 1.71 bits per heavy atom. The molecule has 0 amide bonds. The number of aromatic amines is 1. The molecule has 0 aliphatic heterocycles. The number of hydrogen-bond acceptors (Lipinski definition) is 3. The normalized spacial score (nSPS) is 10.8. The number of halogens is 2. The molecule has 7 heteroatoms. The minimum Gasteiger partial charge on any atom is -0.421 e. The summed E-state index contributed by atoms with van der Waals surface area (Å²) in [5.74, 6) is -0.486. The first-order valence-corrected chi connectivity index (χ1v) is 7.41. The van der Waals surface area contributed by atoms with Crippen LogP contribution in [0.25, 0.3) is 11.1 Å². The highest BCUT2D eigenvalue weighted by molar-refractivity contribution is 6.30. The Bertz CT molecular complexity index is 978. The molecule has 24 heavy (non-hydrogen) atoms. The van der Waals surface area contributed by atoms with Crippen molar-refractivity contribution in [2.45, 2.75) is 6.42 Å². The summed E-state index contributed by atoms with van der Waals surface area (Å²) in [6.07, 6.45) is 0.320. The SMILES string of the molecule is O=c1cc(Cc2ccc(-c3ccc(Cl)c(F)c3)cc2)[nH]c(=O)n1O. The number of rotatable bonds is 3. The molecule has 0 atom stereocenters. The zero-order valence-electron chi connectivity index (χ0n) is 12.3. The monoisotopic (exact) mass is 346 g/mol. The molecule has 3 rings (SSSR count). The van der Waals surface area contributed by atoms with Crippen LogP contribution in [0.1, 0.15) is 11.3 Å². The second-order valence-electron chi connectivity index (χ2n) is 5.25. The largest absolute Gasteiger partial charge is 0.421 e. The molecule has 2 aromatic carbocycles. The van der Waals surface area contributed by atoms with Crippen molar-refractivity contribution in [3.63, 3.8) is 0 Å². The van der Waals surface area contributed by atoms with Crippen LogP contribution in [0.4, 0.5) is 4.39 Å². The summed E-state index contributed by atoms with van der Waals surface area (Å²) < 4.78 is 13.5. The fourth-order valence-corrected chi connectivity index (χ4v) is 2.46. The van der Waals surface area contributed by atoms with Gasteiger partial charge in [0.05, 0.1) is 5.02 Å². The third kappa shape index (κ3) is 3.23. The van der Waals surface area contributed by atoms with Gasteiger partial charge in [-0.25, -0.2) is 9.18 Å². The van der Waals surface area contributed by atoms with Crippen molar-refractivity contribution >= 4 is 11.6 Å². The molecule has 0 fully saturated rings. The summed E-state index contributed by atoms with van der Waals surface area (Å²) in [6, 6.07) is 13.0. The maximum absolute atomic E-state index is 13.5. The number of hydrogen-bond donors (Lipinski definition) is 2. The lowest BCUT2D eigenvalue weighted by atomic mass is 10.0. The van der Waals surface area contributed by atoms with Gasteiger partial charge in [0, 0.05) is 18.2 Å². The Labute approximate surface area is 140 Å². The zero-order valence-corrected chi connectivity index (χ0v) is 13.0. The highest BCUT2D eigenvalue weighted by Crippen LogP contribution is 2.24. The predicted molar refractivity (Wildman–Crippen MR) is 88.2 cm³/mol. The molecule has 1 heterocycles. The van der Waals surface area contributed by atoms with E-state index in [2.05, 4.69) is 4.98 Å². The summed E-state index contributed by atoms with van der Waals surface area (Å²) >= 11 is 5.67. The fourth-order valence-electron chi connectivity index (χ4n) is 2.34. The van der Waals surface area contributed by atoms with E-state index in [-0.39, 0.29) is 9.75 Å². The molecule has 0 aliphatic carbocycles. The topological polar surface area (TPSA) is 75.1 Å². The molecule has 1 aromatic heterocycles. The molecule has 0 saturated carbocycles. The van der Waals surface area contributed by atoms with Gasteiger partial charge >= 0.3 is 5.69 Å². The van der Waals surface area contributed by atoms with Crippen molar-refractivity contribution in [1.29, 1.82) is 0 Å². The summed E-state index contributed by atoms with van der Waals surface area (Å²) in [7, 11) is 0. The first-order chi connectivity index (χ1) is 11.4. The lowest BCUT2D eigenvalue weighted by Crippen LogP contribution is -2.33. The van der Waals surface area contributed by atoms with Crippen molar-refractivity contribution in [2.75, 3.05) is 0 Å². The van der Waals surface area contributed by atoms with Gasteiger partial charge < -0.3 is 10.2 Å². The average molecular weight is 347 g/mol. The van der Waals surface area contributed by atoms with Gasteiger partial charge in [-0.05, 0) is 28.8 Å². The second kappa shape index (κ2) is 6.33. The van der Waals surface area contributed by atoms with Crippen molar-refractivity contribution < 1.29 is 9.60 Å². The molecule has 0 unspecified atom stereocenters. The van der Waals surface area contributed by atoms with Gasteiger partial charge in [-0.1, -0.05) is 46.7 Å². The Morgan fingerprint density at radius 1 is 1.04 bits per heavy atom. The van der Waals surface area contributed by atoms with E-state index in [1.807, 2.05) is 24.3 Å². The van der Waals surface area contributed by atoms with Gasteiger partial charge in [0.25, 0.3) is 5.56 Å². The number of benzene rings is 2. The lowest BCUT2D eigenvalue weighted by Gasteiger charge is -2.06. The van der Waals surface area contributed by atoms with E-state index >= 15 is 0 Å². The van der Waals surface area contributed by atoms with Crippen molar-refractivity contribution in [3.05, 3.63) is 91.5 Å². The number of nitrogens with zero attached hydrogens (tertiary/aromatic N) is 1. The van der Waals surface area contributed by atoms with Crippen molar-refractivity contribution in [3.8, 4) is 11.1 Å². The van der Waals surface area contributed by atoms with Crippen molar-refractivity contribution in [2.24, 2.45) is 0 Å². The van der Waals surface area contributed by atoms with Crippen LogP contribution in [0, 0.1) is 5.82 Å². The van der Waals surface area contributed by atoms with Gasteiger partial charge in [0.15, 0.2) is 0 Å². The van der Waals surface area contributed by atoms with Gasteiger partial charge in [-0.3, -0.25) is 4.79 Å². The van der Waals surface area contributed by atoms with Crippen LogP contribution in [0.2, 0.25) is 5.02 Å². The molecule has 0 saturated heterocycles. The lowest BCUT2D eigenvalue weighted by molar-refractivity contribution is 0.160. The van der Waals surface area contributed by atoms with Gasteiger partial charge in [-0.2, -0.15) is 0 Å². The van der Waals surface area contributed by atoms with E-state index < -0.39 is 17.1 Å². The quantitative estimate of drug-likeness (QED) is 0.716. The number of H-pyrrole nitrogens is 1. The average Bonchev–Trinajstić information content (AvgIpc) is 2.56. The first-order valence-electron chi connectivity index (χ1n) is 7.03. The van der Waals surface area contributed by atoms with Crippen LogP contribution in [0.15, 0.2) is 58.1 Å². The third-order valence-corrected chi connectivity index (χ3v) is 3.87. The van der Waals surface area contributed by atoms with E-state index in [1.54, 1.807) is 6.07 Å². The first kappa shape index (κ1) is 16.0. The standard InChI is InChI=1S/C17H12ClFN2O3/c18-14-6-5-12(8-15(14)19)11-3-1-10(2-4-11)7-13-9-16(22)21(24)17(23)20-13/h1-6,8-9,24H,7H2,(H,20,23). The van der Waals surface area contributed by atoms with Crippen molar-refractivity contribution in [1.82, 2.24) is 9.71 Å². The summed E-state index contributed by atoms with van der Waals surface area (Å²) in [5, 5.41) is 9.19. The molecule has 5 nitrogen and oxygen atoms in total. The second-order valence-corrected chi connectivity index (χ2v) is 5.66. The number of aromatic nitrogens is 2. The van der Waals surface area contributed by atoms with Crippen LogP contribution in [0.5, 0.6) is 0 Å². The Hall–Kier alpha value is -2.86. The molecular weight excluding hydrogens is 335 g/mol. The van der Waals surface area contributed by atoms with Gasteiger partial charge in [0.1, 0.15) is 5.82 Å². The Kier molecular flexibility index (Phi) is 4.22. The van der Waals surface area contributed by atoms with E-state index in [4.69, 9.17) is 16.8 Å². The minimum absolute atomic E-state index is 0.0156. The highest BCUT2D eigenvalue weighted by Gasteiger charge is 2.06. The Morgan fingerprint density at radius 3 is 2.33 bits per heavy atom. The maximum Gasteiger partial charge on any atom is 0.362 e. The molecule has 0 radical (unpaired) electrons. The van der Waals surface area contributed by atoms with Crippen LogP contribution in [0.3, 0.4) is 0 Å². The van der Waals surface area contributed by atoms with Crippen LogP contribution in [-0.2, 0) is 6.42 Å². The molecule has 2 N–H and O–H groups in total. The van der Waals surface area contributed by atoms with Gasteiger partial charge in [0.2, 0.25) is 0 Å². The van der Waals surface area contributed by atoms with Crippen LogP contribution in [-0.4, -0.2) is 14.9 Å². The Balaban J connectivity index is 1.86. The number of nitrogens with one attached hydrogen (secondary N) is 1. The molecule has 122 valence electrons. The molecule has 3 aromatic rings. The summed E-state index contributed by atoms with van der Waals surface area (Å²) in [6.45, 7) is 0. The molecular formula is C17H12ClFN2O3. The summed E-state index contributed by atoms with van der Waals surface area (Å²) in [4.78, 5) is 25.2.